The van der Waals surface area contributed by atoms with Crippen LogP contribution in [0.5, 0.6) is 5.75 Å². The summed E-state index contributed by atoms with van der Waals surface area (Å²) in [6.07, 6.45) is 0. The lowest BCUT2D eigenvalue weighted by molar-refractivity contribution is -0.139. The Hall–Kier alpha value is -3.37. The minimum Gasteiger partial charge on any atom is -0.497 e. The molecule has 0 radical (unpaired) electrons. The maximum absolute atomic E-state index is 13.8. The first kappa shape index (κ1) is 29.2. The van der Waals surface area contributed by atoms with Gasteiger partial charge in [0.1, 0.15) is 18.3 Å². The largest absolute Gasteiger partial charge is 0.497 e. The fraction of sp³-hybridized carbons (Fsp3) is 0.286. The molecule has 3 rings (SSSR count). The van der Waals surface area contributed by atoms with Crippen molar-refractivity contribution in [2.45, 2.75) is 38.3 Å². The molecule has 38 heavy (non-hydrogen) atoms. The highest BCUT2D eigenvalue weighted by Crippen LogP contribution is 2.27. The van der Waals surface area contributed by atoms with Gasteiger partial charge in [-0.3, -0.25) is 13.9 Å². The predicted molar refractivity (Wildman–Crippen MR) is 152 cm³/mol. The number of aryl methyl sites for hydroxylation is 1. The second-order valence-electron chi connectivity index (χ2n) is 8.74. The fourth-order valence-corrected chi connectivity index (χ4v) is 5.48. The lowest BCUT2D eigenvalue weighted by Crippen LogP contribution is -2.51. The number of nitrogens with one attached hydrogen (secondary N) is 1. The van der Waals surface area contributed by atoms with Gasteiger partial charge in [0.25, 0.3) is 10.0 Å². The van der Waals surface area contributed by atoms with Crippen LogP contribution in [0.3, 0.4) is 0 Å². The van der Waals surface area contributed by atoms with Crippen molar-refractivity contribution in [2.75, 3.05) is 24.5 Å². The molecule has 1 atom stereocenters. The second-order valence-corrected chi connectivity index (χ2v) is 11.5. The van der Waals surface area contributed by atoms with Gasteiger partial charge in [0.05, 0.1) is 17.7 Å². The Morgan fingerprint density at radius 1 is 0.974 bits per heavy atom. The van der Waals surface area contributed by atoms with Crippen LogP contribution < -0.4 is 14.4 Å². The predicted octanol–water partition coefficient (Wildman–Crippen LogP) is 4.51. The average Bonchev–Trinajstić information content (AvgIpc) is 2.91. The molecule has 0 spiro atoms. The van der Waals surface area contributed by atoms with Gasteiger partial charge in [0, 0.05) is 17.6 Å². The minimum absolute atomic E-state index is 0.0583. The SMILES string of the molecule is CCNC(=O)C(C)N(Cc1ccc(Br)cc1)C(=O)CN(c1ccc(OC)cc1)S(=O)(=O)c1ccc(C)cc1. The van der Waals surface area contributed by atoms with Gasteiger partial charge in [-0.2, -0.15) is 0 Å². The Balaban J connectivity index is 2.02. The summed E-state index contributed by atoms with van der Waals surface area (Å²) in [7, 11) is -2.60. The number of ether oxygens (including phenoxy) is 1. The summed E-state index contributed by atoms with van der Waals surface area (Å²) < 4.78 is 34.8. The van der Waals surface area contributed by atoms with Gasteiger partial charge in [-0.1, -0.05) is 45.8 Å². The van der Waals surface area contributed by atoms with Crippen molar-refractivity contribution in [1.29, 1.82) is 0 Å². The summed E-state index contributed by atoms with van der Waals surface area (Å²) in [6.45, 7) is 5.33. The van der Waals surface area contributed by atoms with Crippen LogP contribution in [0.2, 0.25) is 0 Å². The van der Waals surface area contributed by atoms with Crippen molar-refractivity contribution in [1.82, 2.24) is 10.2 Å². The molecule has 0 saturated heterocycles. The van der Waals surface area contributed by atoms with Gasteiger partial charge < -0.3 is 15.0 Å². The molecule has 0 fully saturated rings. The van der Waals surface area contributed by atoms with E-state index < -0.39 is 28.5 Å². The second kappa shape index (κ2) is 12.9. The van der Waals surface area contributed by atoms with Crippen LogP contribution in [0.1, 0.15) is 25.0 Å². The van der Waals surface area contributed by atoms with Crippen LogP contribution in [0.25, 0.3) is 0 Å². The summed E-state index contributed by atoms with van der Waals surface area (Å²) in [4.78, 5) is 28.0. The first-order valence-corrected chi connectivity index (χ1v) is 14.3. The number of benzene rings is 3. The van der Waals surface area contributed by atoms with Crippen LogP contribution >= 0.6 is 15.9 Å². The van der Waals surface area contributed by atoms with Gasteiger partial charge >= 0.3 is 0 Å². The maximum Gasteiger partial charge on any atom is 0.264 e. The van der Waals surface area contributed by atoms with E-state index in [1.165, 1.54) is 24.1 Å². The molecule has 1 N–H and O–H groups in total. The number of amides is 2. The number of hydrogen-bond acceptors (Lipinski definition) is 5. The lowest BCUT2D eigenvalue weighted by Gasteiger charge is -2.32. The number of halogens is 1. The summed E-state index contributed by atoms with van der Waals surface area (Å²) in [6, 6.07) is 19.4. The van der Waals surface area contributed by atoms with Crippen molar-refractivity contribution in [3.8, 4) is 5.75 Å². The molecule has 0 saturated carbocycles. The van der Waals surface area contributed by atoms with Crippen molar-refractivity contribution in [3.63, 3.8) is 0 Å². The molecule has 1 unspecified atom stereocenters. The van der Waals surface area contributed by atoms with E-state index >= 15 is 0 Å². The third-order valence-electron chi connectivity index (χ3n) is 6.03. The lowest BCUT2D eigenvalue weighted by atomic mass is 10.1. The number of likely N-dealkylation sites (N-methyl/N-ethyl adjacent to an activating group) is 1. The van der Waals surface area contributed by atoms with E-state index in [1.807, 2.05) is 31.2 Å². The maximum atomic E-state index is 13.8. The van der Waals surface area contributed by atoms with E-state index in [1.54, 1.807) is 50.2 Å². The van der Waals surface area contributed by atoms with Crippen molar-refractivity contribution >= 4 is 43.5 Å². The first-order chi connectivity index (χ1) is 18.1. The molecule has 0 aliphatic rings. The number of rotatable bonds is 11. The van der Waals surface area contributed by atoms with E-state index in [9.17, 15) is 18.0 Å². The van der Waals surface area contributed by atoms with Gasteiger partial charge in [-0.05, 0) is 74.9 Å². The molecule has 10 heteroatoms. The Labute approximate surface area is 232 Å². The van der Waals surface area contributed by atoms with Gasteiger partial charge in [0.2, 0.25) is 11.8 Å². The Bertz CT molecular complexity index is 1340. The monoisotopic (exact) mass is 601 g/mol. The summed E-state index contributed by atoms with van der Waals surface area (Å²) in [5.41, 5.74) is 2.01. The number of carbonyl (C=O) groups is 2. The third kappa shape index (κ3) is 7.14. The standard InChI is InChI=1S/C28H32BrN3O5S/c1-5-30-28(34)21(3)31(18-22-8-10-23(29)11-9-22)27(33)19-32(24-12-14-25(37-4)15-13-24)38(35,36)26-16-6-20(2)7-17-26/h6-17,21H,5,18-19H2,1-4H3,(H,30,34). The Morgan fingerprint density at radius 3 is 2.13 bits per heavy atom. The zero-order chi connectivity index (χ0) is 27.9. The van der Waals surface area contributed by atoms with E-state index in [-0.39, 0.29) is 17.3 Å². The normalized spacial score (nSPS) is 11.9. The van der Waals surface area contributed by atoms with Gasteiger partial charge in [-0.25, -0.2) is 8.42 Å². The average molecular weight is 603 g/mol. The Kier molecular flexibility index (Phi) is 9.93. The molecule has 0 heterocycles. The quantitative estimate of drug-likeness (QED) is 0.349. The number of anilines is 1. The van der Waals surface area contributed by atoms with E-state index in [2.05, 4.69) is 21.2 Å². The van der Waals surface area contributed by atoms with Crippen molar-refractivity contribution < 1.29 is 22.7 Å². The molecule has 2 amide bonds. The molecule has 3 aromatic carbocycles. The van der Waals surface area contributed by atoms with E-state index in [0.717, 1.165) is 19.9 Å². The minimum atomic E-state index is -4.12. The number of nitrogens with zero attached hydrogens (tertiary/aromatic N) is 2. The zero-order valence-corrected chi connectivity index (χ0v) is 24.3. The molecular formula is C28H32BrN3O5S. The first-order valence-electron chi connectivity index (χ1n) is 12.1. The molecule has 202 valence electrons. The number of hydrogen-bond donors (Lipinski definition) is 1. The van der Waals surface area contributed by atoms with Crippen LogP contribution in [-0.2, 0) is 26.2 Å². The van der Waals surface area contributed by atoms with E-state index in [4.69, 9.17) is 4.74 Å². The highest BCUT2D eigenvalue weighted by Gasteiger charge is 2.32. The zero-order valence-electron chi connectivity index (χ0n) is 21.8. The molecular weight excluding hydrogens is 570 g/mol. The summed E-state index contributed by atoms with van der Waals surface area (Å²) in [5, 5.41) is 2.75. The molecule has 0 aliphatic heterocycles. The molecule has 8 nitrogen and oxygen atoms in total. The van der Waals surface area contributed by atoms with Gasteiger partial charge in [-0.15, -0.1) is 0 Å². The van der Waals surface area contributed by atoms with Gasteiger partial charge in [0.15, 0.2) is 0 Å². The van der Waals surface area contributed by atoms with Crippen LogP contribution in [0, 0.1) is 6.92 Å². The van der Waals surface area contributed by atoms with Crippen LogP contribution in [0.15, 0.2) is 82.2 Å². The molecule has 0 bridgehead atoms. The topological polar surface area (TPSA) is 96.0 Å². The summed E-state index contributed by atoms with van der Waals surface area (Å²) >= 11 is 3.40. The fourth-order valence-electron chi connectivity index (χ4n) is 3.81. The summed E-state index contributed by atoms with van der Waals surface area (Å²) in [5.74, 6) is -0.289. The van der Waals surface area contributed by atoms with Crippen molar-refractivity contribution in [2.24, 2.45) is 0 Å². The smallest absolute Gasteiger partial charge is 0.264 e. The number of sulfonamides is 1. The van der Waals surface area contributed by atoms with E-state index in [0.29, 0.717) is 18.0 Å². The molecule has 3 aromatic rings. The highest BCUT2D eigenvalue weighted by atomic mass is 79.9. The number of carbonyl (C=O) groups excluding carboxylic acids is 2. The third-order valence-corrected chi connectivity index (χ3v) is 8.35. The van der Waals surface area contributed by atoms with Crippen LogP contribution in [0.4, 0.5) is 5.69 Å². The molecule has 0 aromatic heterocycles. The van der Waals surface area contributed by atoms with Crippen molar-refractivity contribution in [3.05, 3.63) is 88.4 Å². The highest BCUT2D eigenvalue weighted by molar-refractivity contribution is 9.10. The van der Waals surface area contributed by atoms with Crippen LogP contribution in [-0.4, -0.2) is 51.4 Å². The Morgan fingerprint density at radius 2 is 1.58 bits per heavy atom. The molecule has 0 aliphatic carbocycles. The number of methoxy groups -OCH3 is 1.